The third-order valence-electron chi connectivity index (χ3n) is 3.19. The van der Waals surface area contributed by atoms with Crippen LogP contribution in [0, 0.1) is 13.8 Å². The lowest BCUT2D eigenvalue weighted by molar-refractivity contribution is 0.628. The maximum Gasteiger partial charge on any atom is 0.0951 e. The molecule has 0 aliphatic heterocycles. The van der Waals surface area contributed by atoms with Crippen molar-refractivity contribution in [2.24, 2.45) is 0 Å². The van der Waals surface area contributed by atoms with Gasteiger partial charge in [-0.2, -0.15) is 0 Å². The highest BCUT2D eigenvalue weighted by Gasteiger charge is 2.01. The van der Waals surface area contributed by atoms with E-state index in [1.54, 1.807) is 0 Å². The van der Waals surface area contributed by atoms with Crippen LogP contribution >= 0.6 is 0 Å². The summed E-state index contributed by atoms with van der Waals surface area (Å²) in [5.74, 6) is 0. The van der Waals surface area contributed by atoms with Crippen LogP contribution in [0.3, 0.4) is 0 Å². The number of nitrogen functional groups attached to an aromatic ring is 1. The molecule has 2 aromatic rings. The van der Waals surface area contributed by atoms with E-state index in [1.807, 2.05) is 25.4 Å². The summed E-state index contributed by atoms with van der Waals surface area (Å²) in [4.78, 5) is 4.30. The van der Waals surface area contributed by atoms with E-state index < -0.39 is 0 Å². The van der Waals surface area contributed by atoms with Crippen molar-refractivity contribution < 1.29 is 0 Å². The number of aryl methyl sites for hydroxylation is 3. The van der Waals surface area contributed by atoms with E-state index in [9.17, 15) is 0 Å². The molecule has 2 rings (SSSR count). The number of nitrogens with two attached hydrogens (primary N) is 1. The number of imidazole rings is 1. The van der Waals surface area contributed by atoms with E-state index in [1.165, 1.54) is 11.3 Å². The predicted molar refractivity (Wildman–Crippen MR) is 70.9 cm³/mol. The quantitative estimate of drug-likeness (QED) is 0.819. The first-order valence-corrected chi connectivity index (χ1v) is 5.99. The van der Waals surface area contributed by atoms with E-state index in [0.29, 0.717) is 0 Å². The molecule has 0 bridgehead atoms. The summed E-state index contributed by atoms with van der Waals surface area (Å²) in [7, 11) is 0. The monoisotopic (exact) mass is 229 g/mol. The van der Waals surface area contributed by atoms with E-state index >= 15 is 0 Å². The predicted octanol–water partition coefficient (Wildman–Crippen LogP) is 2.71. The first-order chi connectivity index (χ1) is 8.16. The van der Waals surface area contributed by atoms with Gasteiger partial charge in [0.25, 0.3) is 0 Å². The van der Waals surface area contributed by atoms with Crippen LogP contribution in [0.15, 0.2) is 30.6 Å². The van der Waals surface area contributed by atoms with Gasteiger partial charge < -0.3 is 10.3 Å². The van der Waals surface area contributed by atoms with Gasteiger partial charge in [-0.15, -0.1) is 0 Å². The molecule has 0 aliphatic carbocycles. The second-order valence-electron chi connectivity index (χ2n) is 4.45. The zero-order valence-corrected chi connectivity index (χ0v) is 10.5. The Morgan fingerprint density at radius 2 is 1.88 bits per heavy atom. The van der Waals surface area contributed by atoms with Crippen LogP contribution < -0.4 is 5.73 Å². The Kier molecular flexibility index (Phi) is 3.47. The summed E-state index contributed by atoms with van der Waals surface area (Å²) in [6.07, 6.45) is 4.13. The average Bonchev–Trinajstić information content (AvgIpc) is 2.64. The molecule has 0 saturated heterocycles. The smallest absolute Gasteiger partial charge is 0.0951 e. The van der Waals surface area contributed by atoms with Crippen molar-refractivity contribution in [1.29, 1.82) is 0 Å². The molecule has 0 fully saturated rings. The van der Waals surface area contributed by atoms with Crippen molar-refractivity contribution in [3.63, 3.8) is 0 Å². The highest BCUT2D eigenvalue weighted by atomic mass is 15.0. The fourth-order valence-corrected chi connectivity index (χ4v) is 1.91. The van der Waals surface area contributed by atoms with Crippen LogP contribution in [-0.4, -0.2) is 9.55 Å². The molecule has 3 nitrogen and oxygen atoms in total. The minimum Gasteiger partial charge on any atom is -0.399 e. The highest BCUT2D eigenvalue weighted by Crippen LogP contribution is 2.10. The molecule has 1 heterocycles. The Labute approximate surface area is 102 Å². The number of benzene rings is 1. The molecule has 0 atom stereocenters. The molecule has 0 spiro atoms. The molecule has 1 aromatic heterocycles. The average molecular weight is 229 g/mol. The zero-order valence-electron chi connectivity index (χ0n) is 10.5. The Morgan fingerprint density at radius 3 is 2.47 bits per heavy atom. The van der Waals surface area contributed by atoms with E-state index in [0.717, 1.165) is 30.8 Å². The van der Waals surface area contributed by atoms with Gasteiger partial charge in [-0.3, -0.25) is 0 Å². The van der Waals surface area contributed by atoms with Crippen LogP contribution in [0.2, 0.25) is 0 Å². The van der Waals surface area contributed by atoms with Gasteiger partial charge in [-0.05, 0) is 44.4 Å². The van der Waals surface area contributed by atoms with E-state index in [2.05, 4.69) is 28.6 Å². The lowest BCUT2D eigenvalue weighted by atomic mass is 10.1. The summed E-state index contributed by atoms with van der Waals surface area (Å²) >= 11 is 0. The van der Waals surface area contributed by atoms with Crippen molar-refractivity contribution >= 4 is 5.69 Å². The maximum atomic E-state index is 5.66. The SMILES string of the molecule is Cc1ncn(CCCc2ccc(N)cc2)c1C. The van der Waals surface area contributed by atoms with Gasteiger partial charge in [0.15, 0.2) is 0 Å². The number of hydrogen-bond donors (Lipinski definition) is 1. The summed E-state index contributed by atoms with van der Waals surface area (Å²) in [5, 5.41) is 0. The largest absolute Gasteiger partial charge is 0.399 e. The van der Waals surface area contributed by atoms with Crippen molar-refractivity contribution in [3.8, 4) is 0 Å². The number of aromatic nitrogens is 2. The zero-order chi connectivity index (χ0) is 12.3. The summed E-state index contributed by atoms with van der Waals surface area (Å²) in [5.41, 5.74) is 10.2. The van der Waals surface area contributed by atoms with Crippen LogP contribution in [0.1, 0.15) is 23.4 Å². The molecule has 1 aromatic carbocycles. The number of nitrogens with zero attached hydrogens (tertiary/aromatic N) is 2. The molecule has 0 radical (unpaired) electrons. The second-order valence-corrected chi connectivity index (χ2v) is 4.45. The molecule has 3 heteroatoms. The minimum atomic E-state index is 0.829. The van der Waals surface area contributed by atoms with Gasteiger partial charge in [-0.1, -0.05) is 12.1 Å². The molecule has 90 valence electrons. The summed E-state index contributed by atoms with van der Waals surface area (Å²) in [6.45, 7) is 5.19. The van der Waals surface area contributed by atoms with Crippen LogP contribution in [0.4, 0.5) is 5.69 Å². The third-order valence-corrected chi connectivity index (χ3v) is 3.19. The molecule has 2 N–H and O–H groups in total. The second kappa shape index (κ2) is 5.04. The topological polar surface area (TPSA) is 43.8 Å². The van der Waals surface area contributed by atoms with Gasteiger partial charge >= 0.3 is 0 Å². The van der Waals surface area contributed by atoms with Gasteiger partial charge in [0.1, 0.15) is 0 Å². The van der Waals surface area contributed by atoms with Gasteiger partial charge in [0, 0.05) is 17.9 Å². The van der Waals surface area contributed by atoms with Crippen LogP contribution in [0.5, 0.6) is 0 Å². The molecular weight excluding hydrogens is 210 g/mol. The highest BCUT2D eigenvalue weighted by molar-refractivity contribution is 5.39. The fourth-order valence-electron chi connectivity index (χ4n) is 1.91. The molecule has 0 saturated carbocycles. The molecule has 0 amide bonds. The Morgan fingerprint density at radius 1 is 1.18 bits per heavy atom. The molecule has 0 aliphatic rings. The molecular formula is C14H19N3. The maximum absolute atomic E-state index is 5.66. The normalized spacial score (nSPS) is 10.7. The van der Waals surface area contributed by atoms with Gasteiger partial charge in [0.2, 0.25) is 0 Å². The first kappa shape index (κ1) is 11.7. The van der Waals surface area contributed by atoms with Gasteiger partial charge in [0.05, 0.1) is 12.0 Å². The van der Waals surface area contributed by atoms with Crippen LogP contribution in [-0.2, 0) is 13.0 Å². The van der Waals surface area contributed by atoms with Gasteiger partial charge in [-0.25, -0.2) is 4.98 Å². The molecule has 0 unspecified atom stereocenters. The first-order valence-electron chi connectivity index (χ1n) is 5.99. The summed E-state index contributed by atoms with van der Waals surface area (Å²) in [6, 6.07) is 8.12. The molecule has 17 heavy (non-hydrogen) atoms. The van der Waals surface area contributed by atoms with Crippen molar-refractivity contribution in [3.05, 3.63) is 47.5 Å². The summed E-state index contributed by atoms with van der Waals surface area (Å²) < 4.78 is 2.21. The Balaban J connectivity index is 1.87. The number of hydrogen-bond acceptors (Lipinski definition) is 2. The fraction of sp³-hybridized carbons (Fsp3) is 0.357. The standard InChI is InChI=1S/C14H19N3/c1-11-12(2)17(10-16-11)9-3-4-13-5-7-14(15)8-6-13/h5-8,10H,3-4,9,15H2,1-2H3. The lowest BCUT2D eigenvalue weighted by Gasteiger charge is -2.06. The number of anilines is 1. The van der Waals surface area contributed by atoms with E-state index in [4.69, 9.17) is 5.73 Å². The van der Waals surface area contributed by atoms with E-state index in [-0.39, 0.29) is 0 Å². The van der Waals surface area contributed by atoms with Crippen molar-refractivity contribution in [2.45, 2.75) is 33.2 Å². The van der Waals surface area contributed by atoms with Crippen molar-refractivity contribution in [1.82, 2.24) is 9.55 Å². The Hall–Kier alpha value is -1.77. The number of rotatable bonds is 4. The third kappa shape index (κ3) is 2.87. The minimum absolute atomic E-state index is 0.829. The lowest BCUT2D eigenvalue weighted by Crippen LogP contribution is -2.00. The van der Waals surface area contributed by atoms with Crippen LogP contribution in [0.25, 0.3) is 0 Å². The van der Waals surface area contributed by atoms with Crippen molar-refractivity contribution in [2.75, 3.05) is 5.73 Å². The Bertz CT molecular complexity index is 483.